The molecule has 2 aromatic heterocycles. The number of rotatable bonds is 8. The highest BCUT2D eigenvalue weighted by Crippen LogP contribution is 2.36. The molecule has 0 saturated carbocycles. The zero-order chi connectivity index (χ0) is 29.3. The Morgan fingerprint density at radius 2 is 1.90 bits per heavy atom. The number of ether oxygens (including phenoxy) is 2. The lowest BCUT2D eigenvalue weighted by Gasteiger charge is -2.34. The quantitative estimate of drug-likeness (QED) is 0.254. The van der Waals surface area contributed by atoms with Crippen molar-refractivity contribution < 1.29 is 19.4 Å². The smallest absolute Gasteiger partial charge is 0.342 e. The van der Waals surface area contributed by atoms with Crippen LogP contribution in [0.25, 0.3) is 17.1 Å². The fraction of sp³-hybridized carbons (Fsp3) is 0.344. The van der Waals surface area contributed by atoms with Crippen molar-refractivity contribution in [3.63, 3.8) is 0 Å². The van der Waals surface area contributed by atoms with Crippen molar-refractivity contribution in [2.45, 2.75) is 47.3 Å². The van der Waals surface area contributed by atoms with Gasteiger partial charge in [-0.15, -0.1) is 0 Å². The highest BCUT2D eigenvalue weighted by atomic mass is 35.5. The summed E-state index contributed by atoms with van der Waals surface area (Å²) in [7, 11) is 1.41. The first kappa shape index (κ1) is 28.6. The number of para-hydroxylation sites is 1. The molecule has 4 aromatic rings. The van der Waals surface area contributed by atoms with E-state index in [9.17, 15) is 9.90 Å². The normalized spacial score (nSPS) is 13.6. The third kappa shape index (κ3) is 6.09. The van der Waals surface area contributed by atoms with Gasteiger partial charge in [-0.2, -0.15) is 9.78 Å². The molecule has 1 aliphatic rings. The summed E-state index contributed by atoms with van der Waals surface area (Å²) in [4.78, 5) is 18.8. The summed E-state index contributed by atoms with van der Waals surface area (Å²) in [6, 6.07) is 15.6. The molecule has 214 valence electrons. The zero-order valence-electron chi connectivity index (χ0n) is 24.1. The van der Waals surface area contributed by atoms with E-state index in [1.807, 2.05) is 37.3 Å². The lowest BCUT2D eigenvalue weighted by molar-refractivity contribution is 0.0693. The highest BCUT2D eigenvalue weighted by Gasteiger charge is 2.24. The van der Waals surface area contributed by atoms with E-state index < -0.39 is 5.97 Å². The number of nitrogens with zero attached hydrogens (tertiary/aromatic N) is 4. The molecule has 41 heavy (non-hydrogen) atoms. The van der Waals surface area contributed by atoms with Gasteiger partial charge < -0.3 is 14.6 Å². The Labute approximate surface area is 245 Å². The van der Waals surface area contributed by atoms with Gasteiger partial charge in [-0.05, 0) is 53.6 Å². The molecule has 0 spiro atoms. The van der Waals surface area contributed by atoms with Gasteiger partial charge in [0.05, 0.1) is 24.0 Å². The van der Waals surface area contributed by atoms with Crippen LogP contribution >= 0.6 is 11.6 Å². The molecule has 8 nitrogen and oxygen atoms in total. The van der Waals surface area contributed by atoms with Crippen LogP contribution in [0.15, 0.2) is 54.7 Å². The lowest BCUT2D eigenvalue weighted by atomic mass is 9.92. The fourth-order valence-electron chi connectivity index (χ4n) is 5.37. The molecule has 5 rings (SSSR count). The molecule has 0 amide bonds. The van der Waals surface area contributed by atoms with Crippen LogP contribution in [0.1, 0.15) is 53.4 Å². The van der Waals surface area contributed by atoms with Gasteiger partial charge in [-0.25, -0.2) is 9.78 Å². The molecule has 0 bridgehead atoms. The van der Waals surface area contributed by atoms with Gasteiger partial charge in [0.2, 0.25) is 5.88 Å². The molecular weight excluding hydrogens is 540 g/mol. The Morgan fingerprint density at radius 3 is 2.63 bits per heavy atom. The zero-order valence-corrected chi connectivity index (χ0v) is 24.8. The molecule has 0 fully saturated rings. The second kappa shape index (κ2) is 11.5. The third-order valence-corrected chi connectivity index (χ3v) is 7.62. The number of aromatic carboxylic acids is 1. The molecule has 0 atom stereocenters. The fourth-order valence-corrected chi connectivity index (χ4v) is 5.70. The van der Waals surface area contributed by atoms with Crippen molar-refractivity contribution in [1.82, 2.24) is 19.7 Å². The van der Waals surface area contributed by atoms with Crippen LogP contribution in [-0.2, 0) is 19.6 Å². The maximum Gasteiger partial charge on any atom is 0.342 e. The number of pyridine rings is 1. The molecule has 0 unspecified atom stereocenters. The number of aromatic nitrogens is 3. The molecule has 0 saturated heterocycles. The second-order valence-electron chi connectivity index (χ2n) is 11.6. The summed E-state index contributed by atoms with van der Waals surface area (Å²) in [5.74, 6) is 0.117. The van der Waals surface area contributed by atoms with Crippen molar-refractivity contribution in [3.05, 3.63) is 87.6 Å². The lowest BCUT2D eigenvalue weighted by Crippen LogP contribution is -2.37. The topological polar surface area (TPSA) is 89.7 Å². The average Bonchev–Trinajstić information content (AvgIpc) is 3.37. The summed E-state index contributed by atoms with van der Waals surface area (Å²) < 4.78 is 13.1. The second-order valence-corrected chi connectivity index (χ2v) is 12.0. The molecule has 1 N–H and O–H groups in total. The molecule has 0 aliphatic carbocycles. The number of carboxylic acid groups (broad SMARTS) is 1. The van der Waals surface area contributed by atoms with Gasteiger partial charge in [0.25, 0.3) is 0 Å². The number of halogens is 1. The van der Waals surface area contributed by atoms with E-state index in [1.165, 1.54) is 29.1 Å². The summed E-state index contributed by atoms with van der Waals surface area (Å²) in [6.45, 7) is 12.1. The number of benzene rings is 2. The van der Waals surface area contributed by atoms with Crippen LogP contribution in [-0.4, -0.2) is 50.9 Å². The Kier molecular flexibility index (Phi) is 8.07. The monoisotopic (exact) mass is 574 g/mol. The number of fused-ring (bicyclic) bond motifs is 1. The number of hydrogen-bond acceptors (Lipinski definition) is 6. The number of aryl methyl sites for hydroxylation is 1. The Morgan fingerprint density at radius 1 is 1.12 bits per heavy atom. The van der Waals surface area contributed by atoms with Crippen molar-refractivity contribution in [1.29, 1.82) is 0 Å². The Bertz CT molecular complexity index is 1590. The van der Waals surface area contributed by atoms with Crippen LogP contribution in [0.5, 0.6) is 11.6 Å². The third-order valence-electron chi connectivity index (χ3n) is 7.15. The summed E-state index contributed by atoms with van der Waals surface area (Å²) in [5.41, 5.74) is 6.09. The van der Waals surface area contributed by atoms with Crippen LogP contribution in [0.3, 0.4) is 0 Å². The van der Waals surface area contributed by atoms with E-state index >= 15 is 0 Å². The predicted molar refractivity (Wildman–Crippen MR) is 159 cm³/mol. The van der Waals surface area contributed by atoms with Crippen LogP contribution in [0.2, 0.25) is 5.02 Å². The molecular formula is C32H35ClN4O4. The molecule has 1 aliphatic heterocycles. The predicted octanol–water partition coefficient (Wildman–Crippen LogP) is 6.59. The minimum Gasteiger partial charge on any atom is -0.488 e. The first-order chi connectivity index (χ1) is 19.6. The van der Waals surface area contributed by atoms with Crippen LogP contribution < -0.4 is 9.47 Å². The number of methoxy groups -OCH3 is 1. The van der Waals surface area contributed by atoms with Gasteiger partial charge in [0.15, 0.2) is 5.82 Å². The first-order valence-corrected chi connectivity index (χ1v) is 14.0. The van der Waals surface area contributed by atoms with Crippen molar-refractivity contribution in [2.24, 2.45) is 5.41 Å². The highest BCUT2D eigenvalue weighted by molar-refractivity contribution is 6.32. The Balaban J connectivity index is 1.40. The number of carboxylic acids is 1. The van der Waals surface area contributed by atoms with Gasteiger partial charge >= 0.3 is 5.97 Å². The maximum atomic E-state index is 11.6. The van der Waals surface area contributed by atoms with E-state index in [-0.39, 0.29) is 16.9 Å². The van der Waals surface area contributed by atoms with Gasteiger partial charge in [-0.1, -0.05) is 62.7 Å². The van der Waals surface area contributed by atoms with Gasteiger partial charge in [-0.3, -0.25) is 4.90 Å². The minimum absolute atomic E-state index is 0.0388. The van der Waals surface area contributed by atoms with E-state index in [2.05, 4.69) is 42.9 Å². The van der Waals surface area contributed by atoms with Crippen molar-refractivity contribution >= 4 is 17.6 Å². The largest absolute Gasteiger partial charge is 0.488 e. The molecule has 9 heteroatoms. The van der Waals surface area contributed by atoms with E-state index in [1.54, 1.807) is 6.07 Å². The van der Waals surface area contributed by atoms with E-state index in [0.29, 0.717) is 23.9 Å². The number of hydrogen-bond donors (Lipinski definition) is 1. The standard InChI is InChI=1S/C32H35ClN4O4/c1-20-8-6-9-24(26-10-7-11-27(35-26)37-30(40-5)25(16-34-37)31(38)39)29(20)41-18-22-13-12-21-17-36(19-32(2,3)4)15-14-23(21)28(22)33/h6-13,16H,14-15,17-19H2,1-5H3,(H,38,39). The average molecular weight is 575 g/mol. The summed E-state index contributed by atoms with van der Waals surface area (Å²) >= 11 is 6.94. The molecule has 0 radical (unpaired) electrons. The summed E-state index contributed by atoms with van der Waals surface area (Å²) in [6.07, 6.45) is 2.17. The van der Waals surface area contributed by atoms with E-state index in [4.69, 9.17) is 26.1 Å². The SMILES string of the molecule is COc1c(C(=O)O)cnn1-c1cccc(-c2cccc(C)c2OCc2ccc3c(c2Cl)CCN(CC(C)(C)C)C3)n1. The van der Waals surface area contributed by atoms with Gasteiger partial charge in [0.1, 0.15) is 17.9 Å². The Hall–Kier alpha value is -3.88. The maximum absolute atomic E-state index is 11.6. The molecule has 3 heterocycles. The van der Waals surface area contributed by atoms with E-state index in [0.717, 1.165) is 47.8 Å². The van der Waals surface area contributed by atoms with Gasteiger partial charge in [0, 0.05) is 30.8 Å². The van der Waals surface area contributed by atoms with Crippen molar-refractivity contribution in [2.75, 3.05) is 20.2 Å². The van der Waals surface area contributed by atoms with Crippen molar-refractivity contribution in [3.8, 4) is 28.7 Å². The first-order valence-electron chi connectivity index (χ1n) is 13.6. The minimum atomic E-state index is -1.12. The van der Waals surface area contributed by atoms with Crippen LogP contribution in [0.4, 0.5) is 0 Å². The number of carbonyl (C=O) groups is 1. The summed E-state index contributed by atoms with van der Waals surface area (Å²) in [5, 5.41) is 14.4. The molecule has 2 aromatic carbocycles. The van der Waals surface area contributed by atoms with Crippen LogP contribution in [0, 0.1) is 12.3 Å².